The Bertz CT molecular complexity index is 1110. The van der Waals surface area contributed by atoms with Gasteiger partial charge < -0.3 is 10.3 Å². The van der Waals surface area contributed by atoms with Gasteiger partial charge in [-0.25, -0.2) is 18.4 Å². The van der Waals surface area contributed by atoms with Gasteiger partial charge in [0.05, 0.1) is 20.8 Å². The number of rotatable bonds is 3. The molecule has 0 aliphatic heterocycles. The van der Waals surface area contributed by atoms with Gasteiger partial charge in [0.15, 0.2) is 15.0 Å². The van der Waals surface area contributed by atoms with E-state index in [1.165, 1.54) is 23.7 Å². The Kier molecular flexibility index (Phi) is 4.07. The highest BCUT2D eigenvalue weighted by Gasteiger charge is 2.27. The number of aromatic nitrogens is 3. The molecule has 2 N–H and O–H groups in total. The van der Waals surface area contributed by atoms with Crippen LogP contribution in [0, 0.1) is 12.8 Å². The Morgan fingerprint density at radius 3 is 2.92 bits per heavy atom. The number of carbonyl (C=O) groups excluding carboxylic acids is 1. The summed E-state index contributed by atoms with van der Waals surface area (Å²) in [5.41, 5.74) is 2.77. The number of hydrogen-bond acceptors (Lipinski definition) is 6. The van der Waals surface area contributed by atoms with Gasteiger partial charge >= 0.3 is 0 Å². The Hall–Kier alpha value is -2.26. The van der Waals surface area contributed by atoms with Gasteiger partial charge in [0.1, 0.15) is 5.82 Å². The lowest BCUT2D eigenvalue weighted by molar-refractivity contribution is -0.120. The first kappa shape index (κ1) is 17.2. The van der Waals surface area contributed by atoms with Crippen molar-refractivity contribution in [3.63, 3.8) is 0 Å². The summed E-state index contributed by atoms with van der Waals surface area (Å²) in [6, 6.07) is 4.79. The van der Waals surface area contributed by atoms with Crippen molar-refractivity contribution in [2.45, 2.75) is 31.1 Å². The van der Waals surface area contributed by atoms with E-state index >= 15 is 0 Å². The highest BCUT2D eigenvalue weighted by atomic mass is 32.2. The summed E-state index contributed by atoms with van der Waals surface area (Å²) in [5.74, 6) is 0.690. The summed E-state index contributed by atoms with van der Waals surface area (Å²) in [6.45, 7) is 1.92. The van der Waals surface area contributed by atoms with Gasteiger partial charge in [-0.2, -0.15) is 0 Å². The highest BCUT2D eigenvalue weighted by molar-refractivity contribution is 7.90. The zero-order valence-electron chi connectivity index (χ0n) is 14.4. The molecular weight excluding hydrogens is 372 g/mol. The number of fused-ring (bicyclic) bond motifs is 2. The lowest BCUT2D eigenvalue weighted by Crippen LogP contribution is -2.28. The number of benzene rings is 1. The first-order valence-corrected chi connectivity index (χ1v) is 11.0. The number of aromatic amines is 1. The minimum absolute atomic E-state index is 0.0645. The third-order valence-electron chi connectivity index (χ3n) is 4.55. The van der Waals surface area contributed by atoms with E-state index < -0.39 is 9.84 Å². The SMILES string of the molecule is Cc1nc2c([nH]1)CC(C(=O)Nc1nc3ccc(S(C)(=O)=O)cc3s1)CC2. The van der Waals surface area contributed by atoms with Crippen molar-refractivity contribution in [3.05, 3.63) is 35.4 Å². The van der Waals surface area contributed by atoms with Crippen LogP contribution in [0.2, 0.25) is 0 Å². The molecule has 1 unspecified atom stereocenters. The summed E-state index contributed by atoms with van der Waals surface area (Å²) in [7, 11) is -3.27. The average Bonchev–Trinajstić information content (AvgIpc) is 3.13. The topological polar surface area (TPSA) is 105 Å². The summed E-state index contributed by atoms with van der Waals surface area (Å²) in [5, 5.41) is 3.37. The molecule has 0 fully saturated rings. The number of hydrogen-bond donors (Lipinski definition) is 2. The molecule has 4 rings (SSSR count). The van der Waals surface area contributed by atoms with E-state index in [0.29, 0.717) is 17.1 Å². The van der Waals surface area contributed by atoms with E-state index in [1.54, 1.807) is 12.1 Å². The molecule has 1 aromatic carbocycles. The zero-order chi connectivity index (χ0) is 18.5. The van der Waals surface area contributed by atoms with Crippen molar-refractivity contribution in [2.24, 2.45) is 5.92 Å². The largest absolute Gasteiger partial charge is 0.346 e. The average molecular weight is 390 g/mol. The number of amides is 1. The van der Waals surface area contributed by atoms with Crippen LogP contribution in [0.1, 0.15) is 23.6 Å². The molecule has 9 heteroatoms. The van der Waals surface area contributed by atoms with Crippen molar-refractivity contribution in [2.75, 3.05) is 11.6 Å². The van der Waals surface area contributed by atoms with Crippen LogP contribution >= 0.6 is 11.3 Å². The minimum atomic E-state index is -3.27. The Balaban J connectivity index is 1.53. The van der Waals surface area contributed by atoms with Gasteiger partial charge in [0.25, 0.3) is 0 Å². The van der Waals surface area contributed by atoms with Crippen LogP contribution in [0.3, 0.4) is 0 Å². The molecule has 0 saturated heterocycles. The molecule has 1 aliphatic carbocycles. The molecule has 0 saturated carbocycles. The molecule has 2 aromatic heterocycles. The van der Waals surface area contributed by atoms with Gasteiger partial charge in [0.2, 0.25) is 5.91 Å². The monoisotopic (exact) mass is 390 g/mol. The van der Waals surface area contributed by atoms with E-state index in [2.05, 4.69) is 20.3 Å². The molecule has 1 atom stereocenters. The van der Waals surface area contributed by atoms with Gasteiger partial charge in [0, 0.05) is 24.3 Å². The van der Waals surface area contributed by atoms with Crippen LogP contribution in [-0.4, -0.2) is 35.5 Å². The molecular formula is C17H18N4O3S2. The van der Waals surface area contributed by atoms with E-state index in [9.17, 15) is 13.2 Å². The van der Waals surface area contributed by atoms with Crippen LogP contribution in [0.4, 0.5) is 5.13 Å². The van der Waals surface area contributed by atoms with Gasteiger partial charge in [-0.05, 0) is 38.0 Å². The summed E-state index contributed by atoms with van der Waals surface area (Å²) < 4.78 is 24.1. The molecule has 26 heavy (non-hydrogen) atoms. The van der Waals surface area contributed by atoms with Gasteiger partial charge in [-0.1, -0.05) is 11.3 Å². The molecule has 7 nitrogen and oxygen atoms in total. The van der Waals surface area contributed by atoms with E-state index in [1.807, 2.05) is 6.92 Å². The standard InChI is InChI=1S/C17H18N4O3S2/c1-9-18-12-5-3-10(7-14(12)19-9)16(22)21-17-20-13-6-4-11(26(2,23)24)8-15(13)25-17/h4,6,8,10H,3,5,7H2,1-2H3,(H,18,19)(H,20,21,22). The zero-order valence-corrected chi connectivity index (χ0v) is 16.0. The first-order valence-electron chi connectivity index (χ1n) is 8.25. The Morgan fingerprint density at radius 2 is 2.15 bits per heavy atom. The second kappa shape index (κ2) is 6.17. The number of nitrogens with zero attached hydrogens (tertiary/aromatic N) is 2. The van der Waals surface area contributed by atoms with Crippen molar-refractivity contribution < 1.29 is 13.2 Å². The summed E-state index contributed by atoms with van der Waals surface area (Å²) in [4.78, 5) is 24.9. The van der Waals surface area contributed by atoms with E-state index in [0.717, 1.165) is 34.8 Å². The number of carbonyl (C=O) groups is 1. The molecule has 3 aromatic rings. The summed E-state index contributed by atoms with van der Waals surface area (Å²) in [6.07, 6.45) is 3.36. The number of anilines is 1. The fourth-order valence-corrected chi connectivity index (χ4v) is 4.87. The highest BCUT2D eigenvalue weighted by Crippen LogP contribution is 2.30. The molecule has 0 bridgehead atoms. The van der Waals surface area contributed by atoms with Crippen molar-refractivity contribution in [3.8, 4) is 0 Å². The molecule has 0 radical (unpaired) electrons. The Labute approximate surface area is 154 Å². The molecule has 136 valence electrons. The smallest absolute Gasteiger partial charge is 0.229 e. The number of imidazole rings is 1. The second-order valence-electron chi connectivity index (χ2n) is 6.60. The van der Waals surface area contributed by atoms with E-state index in [4.69, 9.17) is 0 Å². The number of sulfone groups is 1. The van der Waals surface area contributed by atoms with E-state index in [-0.39, 0.29) is 16.7 Å². The number of thiazole rings is 1. The predicted octanol–water partition coefficient (Wildman–Crippen LogP) is 2.47. The maximum atomic E-state index is 12.6. The lowest BCUT2D eigenvalue weighted by Gasteiger charge is -2.19. The maximum Gasteiger partial charge on any atom is 0.229 e. The Morgan fingerprint density at radius 1 is 1.35 bits per heavy atom. The molecule has 1 amide bonds. The third kappa shape index (κ3) is 3.24. The molecule has 1 aliphatic rings. The quantitative estimate of drug-likeness (QED) is 0.715. The fourth-order valence-electron chi connectivity index (χ4n) is 3.24. The predicted molar refractivity (Wildman–Crippen MR) is 100 cm³/mol. The van der Waals surface area contributed by atoms with Crippen molar-refractivity contribution in [1.29, 1.82) is 0 Å². The fraction of sp³-hybridized carbons (Fsp3) is 0.353. The summed E-state index contributed by atoms with van der Waals surface area (Å²) >= 11 is 1.28. The lowest BCUT2D eigenvalue weighted by atomic mass is 9.89. The molecule has 2 heterocycles. The number of nitrogens with one attached hydrogen (secondary N) is 2. The van der Waals surface area contributed by atoms with Crippen LogP contribution in [0.5, 0.6) is 0 Å². The van der Waals surface area contributed by atoms with Crippen LogP contribution in [0.25, 0.3) is 10.2 Å². The normalized spacial score (nSPS) is 17.2. The van der Waals surface area contributed by atoms with Crippen molar-refractivity contribution in [1.82, 2.24) is 15.0 Å². The number of aryl methyl sites for hydroxylation is 2. The van der Waals surface area contributed by atoms with Crippen LogP contribution < -0.4 is 5.32 Å². The maximum absolute atomic E-state index is 12.6. The second-order valence-corrected chi connectivity index (χ2v) is 9.64. The molecule has 0 spiro atoms. The van der Waals surface area contributed by atoms with Gasteiger partial charge in [-0.15, -0.1) is 0 Å². The van der Waals surface area contributed by atoms with Crippen LogP contribution in [-0.2, 0) is 27.5 Å². The van der Waals surface area contributed by atoms with Gasteiger partial charge in [-0.3, -0.25) is 4.79 Å². The number of H-pyrrole nitrogens is 1. The third-order valence-corrected chi connectivity index (χ3v) is 6.60. The van der Waals surface area contributed by atoms with Crippen molar-refractivity contribution >= 4 is 42.4 Å². The first-order chi connectivity index (χ1) is 12.3. The van der Waals surface area contributed by atoms with Crippen LogP contribution in [0.15, 0.2) is 23.1 Å². The minimum Gasteiger partial charge on any atom is -0.346 e.